The lowest BCUT2D eigenvalue weighted by atomic mass is 10.3. The van der Waals surface area contributed by atoms with Crippen LogP contribution in [-0.4, -0.2) is 18.2 Å². The van der Waals surface area contributed by atoms with Crippen molar-refractivity contribution in [3.05, 3.63) is 16.1 Å². The minimum atomic E-state index is -0.253. The molecule has 1 heterocycles. The normalized spacial score (nSPS) is 13.2. The molecule has 4 heteroatoms. The second-order valence-electron chi connectivity index (χ2n) is 3.05. The van der Waals surface area contributed by atoms with Gasteiger partial charge in [-0.25, -0.2) is 4.98 Å². The Balaban J connectivity index is 2.35. The summed E-state index contributed by atoms with van der Waals surface area (Å²) in [5, 5.41) is 6.33. The van der Waals surface area contributed by atoms with Crippen LogP contribution in [0.2, 0.25) is 0 Å². The average Bonchev–Trinajstić information content (AvgIpc) is 2.52. The molecular formula is C9H15FN2S. The van der Waals surface area contributed by atoms with Gasteiger partial charge in [0, 0.05) is 11.1 Å². The summed E-state index contributed by atoms with van der Waals surface area (Å²) >= 11 is 1.65. The Kier molecular flexibility index (Phi) is 4.32. The summed E-state index contributed by atoms with van der Waals surface area (Å²) in [5.74, 6) is 0. The van der Waals surface area contributed by atoms with Crippen LogP contribution in [0.3, 0.4) is 0 Å². The molecule has 2 nitrogen and oxygen atoms in total. The van der Waals surface area contributed by atoms with Crippen molar-refractivity contribution in [1.29, 1.82) is 0 Å². The van der Waals surface area contributed by atoms with Crippen LogP contribution in [0.1, 0.15) is 30.1 Å². The van der Waals surface area contributed by atoms with E-state index in [4.69, 9.17) is 0 Å². The predicted octanol–water partition coefficient (Wildman–Crippen LogP) is 2.46. The highest BCUT2D eigenvalue weighted by Crippen LogP contribution is 2.16. The minimum absolute atomic E-state index is 0.241. The summed E-state index contributed by atoms with van der Waals surface area (Å²) in [6.45, 7) is 4.50. The summed E-state index contributed by atoms with van der Waals surface area (Å²) in [7, 11) is 0. The van der Waals surface area contributed by atoms with Crippen molar-refractivity contribution in [2.24, 2.45) is 0 Å². The van der Waals surface area contributed by atoms with Gasteiger partial charge in [-0.15, -0.1) is 11.3 Å². The van der Waals surface area contributed by atoms with E-state index in [1.54, 1.807) is 11.3 Å². The van der Waals surface area contributed by atoms with Crippen LogP contribution in [0, 0.1) is 6.92 Å². The number of rotatable bonds is 5. The number of aromatic nitrogens is 1. The molecule has 0 amide bonds. The standard InChI is InChI=1S/C9H15FN2S/c1-7-6-13-9(12-7)8(2)11-5-3-4-10/h6,8,11H,3-5H2,1-2H3. The lowest BCUT2D eigenvalue weighted by molar-refractivity contribution is 0.445. The first kappa shape index (κ1) is 10.6. The van der Waals surface area contributed by atoms with Crippen LogP contribution in [0.25, 0.3) is 0 Å². The Bertz CT molecular complexity index is 250. The second kappa shape index (κ2) is 5.29. The Morgan fingerprint density at radius 2 is 2.46 bits per heavy atom. The van der Waals surface area contributed by atoms with Crippen molar-refractivity contribution < 1.29 is 4.39 Å². The Morgan fingerprint density at radius 3 is 3.00 bits per heavy atom. The summed E-state index contributed by atoms with van der Waals surface area (Å²) in [4.78, 5) is 4.35. The zero-order valence-corrected chi connectivity index (χ0v) is 8.83. The van der Waals surface area contributed by atoms with Gasteiger partial charge in [0.25, 0.3) is 0 Å². The molecule has 0 saturated heterocycles. The fourth-order valence-corrected chi connectivity index (χ4v) is 1.87. The molecule has 1 rings (SSSR count). The molecule has 0 aliphatic rings. The van der Waals surface area contributed by atoms with Gasteiger partial charge in [-0.1, -0.05) is 0 Å². The Labute approximate surface area is 82.2 Å². The fourth-order valence-electron chi connectivity index (χ4n) is 1.04. The first-order valence-corrected chi connectivity index (χ1v) is 5.33. The van der Waals surface area contributed by atoms with Crippen molar-refractivity contribution in [3.63, 3.8) is 0 Å². The van der Waals surface area contributed by atoms with Gasteiger partial charge in [-0.2, -0.15) is 0 Å². The lowest BCUT2D eigenvalue weighted by Crippen LogP contribution is -2.20. The number of nitrogens with zero attached hydrogens (tertiary/aromatic N) is 1. The quantitative estimate of drug-likeness (QED) is 0.742. The molecule has 0 fully saturated rings. The van der Waals surface area contributed by atoms with Gasteiger partial charge >= 0.3 is 0 Å². The summed E-state index contributed by atoms with van der Waals surface area (Å²) in [6.07, 6.45) is 0.578. The number of hydrogen-bond acceptors (Lipinski definition) is 3. The molecule has 0 aromatic carbocycles. The van der Waals surface area contributed by atoms with E-state index in [1.165, 1.54) is 0 Å². The van der Waals surface area contributed by atoms with Crippen molar-refractivity contribution in [1.82, 2.24) is 10.3 Å². The SMILES string of the molecule is Cc1csc(C(C)NCCCF)n1. The third kappa shape index (κ3) is 3.40. The Morgan fingerprint density at radius 1 is 1.69 bits per heavy atom. The zero-order valence-electron chi connectivity index (χ0n) is 8.01. The van der Waals surface area contributed by atoms with E-state index in [9.17, 15) is 4.39 Å². The summed E-state index contributed by atoms with van der Waals surface area (Å²) in [5.41, 5.74) is 1.05. The van der Waals surface area contributed by atoms with Crippen molar-refractivity contribution in [2.45, 2.75) is 26.3 Å². The fraction of sp³-hybridized carbons (Fsp3) is 0.667. The highest BCUT2D eigenvalue weighted by molar-refractivity contribution is 7.09. The molecule has 13 heavy (non-hydrogen) atoms. The number of alkyl halides is 1. The van der Waals surface area contributed by atoms with E-state index in [0.29, 0.717) is 6.42 Å². The van der Waals surface area contributed by atoms with Gasteiger partial charge in [-0.05, 0) is 26.8 Å². The second-order valence-corrected chi connectivity index (χ2v) is 3.94. The maximum atomic E-state index is 11.8. The summed E-state index contributed by atoms with van der Waals surface area (Å²) in [6, 6.07) is 0.241. The highest BCUT2D eigenvalue weighted by Gasteiger charge is 2.07. The lowest BCUT2D eigenvalue weighted by Gasteiger charge is -2.09. The average molecular weight is 202 g/mol. The molecule has 0 radical (unpaired) electrons. The van der Waals surface area contributed by atoms with E-state index in [0.717, 1.165) is 17.2 Å². The van der Waals surface area contributed by atoms with Crippen LogP contribution < -0.4 is 5.32 Å². The van der Waals surface area contributed by atoms with Gasteiger partial charge in [0.1, 0.15) is 5.01 Å². The first-order valence-electron chi connectivity index (χ1n) is 4.45. The monoisotopic (exact) mass is 202 g/mol. The van der Waals surface area contributed by atoms with Gasteiger partial charge in [0.2, 0.25) is 0 Å². The molecule has 0 aliphatic carbocycles. The van der Waals surface area contributed by atoms with E-state index < -0.39 is 0 Å². The van der Waals surface area contributed by atoms with Crippen molar-refractivity contribution >= 4 is 11.3 Å². The highest BCUT2D eigenvalue weighted by atomic mass is 32.1. The summed E-state index contributed by atoms with van der Waals surface area (Å²) < 4.78 is 11.8. The number of aryl methyl sites for hydroxylation is 1. The molecule has 0 spiro atoms. The molecule has 1 aromatic heterocycles. The van der Waals surface area contributed by atoms with Gasteiger partial charge < -0.3 is 5.32 Å². The van der Waals surface area contributed by atoms with Crippen LogP contribution in [0.15, 0.2) is 5.38 Å². The molecule has 1 aromatic rings. The number of thiazole rings is 1. The number of hydrogen-bond donors (Lipinski definition) is 1. The van der Waals surface area contributed by atoms with Gasteiger partial charge in [0.05, 0.1) is 12.7 Å². The van der Waals surface area contributed by atoms with Crippen molar-refractivity contribution in [2.75, 3.05) is 13.2 Å². The molecule has 1 N–H and O–H groups in total. The maximum absolute atomic E-state index is 11.8. The first-order chi connectivity index (χ1) is 6.24. The smallest absolute Gasteiger partial charge is 0.110 e. The Hall–Kier alpha value is -0.480. The minimum Gasteiger partial charge on any atom is -0.308 e. The van der Waals surface area contributed by atoms with E-state index >= 15 is 0 Å². The van der Waals surface area contributed by atoms with E-state index in [-0.39, 0.29) is 12.7 Å². The van der Waals surface area contributed by atoms with Crippen LogP contribution in [0.5, 0.6) is 0 Å². The third-order valence-corrected chi connectivity index (χ3v) is 2.91. The largest absolute Gasteiger partial charge is 0.308 e. The topological polar surface area (TPSA) is 24.9 Å². The van der Waals surface area contributed by atoms with Crippen LogP contribution >= 0.6 is 11.3 Å². The van der Waals surface area contributed by atoms with E-state index in [1.807, 2.05) is 12.3 Å². The molecule has 0 bridgehead atoms. The zero-order chi connectivity index (χ0) is 9.68. The number of halogens is 1. The molecule has 1 unspecified atom stereocenters. The van der Waals surface area contributed by atoms with Gasteiger partial charge in [0.15, 0.2) is 0 Å². The van der Waals surface area contributed by atoms with E-state index in [2.05, 4.69) is 17.2 Å². The molecule has 0 aliphatic heterocycles. The van der Waals surface area contributed by atoms with Gasteiger partial charge in [-0.3, -0.25) is 4.39 Å². The van der Waals surface area contributed by atoms with Crippen LogP contribution in [-0.2, 0) is 0 Å². The number of nitrogens with one attached hydrogen (secondary N) is 1. The van der Waals surface area contributed by atoms with Crippen LogP contribution in [0.4, 0.5) is 4.39 Å². The molecule has 1 atom stereocenters. The predicted molar refractivity (Wildman–Crippen MR) is 53.9 cm³/mol. The maximum Gasteiger partial charge on any atom is 0.110 e. The van der Waals surface area contributed by atoms with Crippen molar-refractivity contribution in [3.8, 4) is 0 Å². The molecule has 0 saturated carbocycles. The molecule has 74 valence electrons. The third-order valence-electron chi connectivity index (χ3n) is 1.77. The molecular weight excluding hydrogens is 187 g/mol.